The fourth-order valence-corrected chi connectivity index (χ4v) is 1.76. The number of hydrogen-bond donors (Lipinski definition) is 2. The van der Waals surface area contributed by atoms with Gasteiger partial charge in [-0.25, -0.2) is 4.98 Å². The topological polar surface area (TPSA) is 74.7 Å². The Kier molecular flexibility index (Phi) is 4.95. The van der Waals surface area contributed by atoms with Gasteiger partial charge in [0.2, 0.25) is 0 Å². The van der Waals surface area contributed by atoms with E-state index < -0.39 is 0 Å². The fourth-order valence-electron chi connectivity index (χ4n) is 1.76. The van der Waals surface area contributed by atoms with Crippen LogP contribution >= 0.6 is 0 Å². The Hall–Kier alpha value is -1.78. The predicted molar refractivity (Wildman–Crippen MR) is 74.2 cm³/mol. The molecule has 0 aliphatic carbocycles. The van der Waals surface area contributed by atoms with Crippen LogP contribution in [0, 0.1) is 12.8 Å². The number of pyridine rings is 1. The van der Waals surface area contributed by atoms with E-state index in [1.807, 2.05) is 24.9 Å². The molecule has 0 saturated carbocycles. The fraction of sp³-hybridized carbons (Fsp3) is 0.538. The van der Waals surface area contributed by atoms with Gasteiger partial charge in [-0.3, -0.25) is 0 Å². The zero-order chi connectivity index (χ0) is 13.7. The Bertz CT molecular complexity index is 429. The average molecular weight is 250 g/mol. The van der Waals surface area contributed by atoms with E-state index in [9.17, 15) is 0 Å². The van der Waals surface area contributed by atoms with Crippen molar-refractivity contribution in [2.45, 2.75) is 27.2 Å². The van der Waals surface area contributed by atoms with Crippen LogP contribution in [0.5, 0.6) is 0 Å². The highest BCUT2D eigenvalue weighted by atomic mass is 16.4. The molecule has 3 N–H and O–H groups in total. The van der Waals surface area contributed by atoms with Crippen molar-refractivity contribution in [3.63, 3.8) is 0 Å². The molecule has 18 heavy (non-hydrogen) atoms. The third kappa shape index (κ3) is 3.35. The van der Waals surface area contributed by atoms with Crippen LogP contribution in [0.2, 0.25) is 0 Å². The molecular weight excluding hydrogens is 228 g/mol. The van der Waals surface area contributed by atoms with Crippen LogP contribution in [-0.4, -0.2) is 29.6 Å². The van der Waals surface area contributed by atoms with Crippen LogP contribution in [0.25, 0.3) is 0 Å². The largest absolute Gasteiger partial charge is 0.409 e. The molecule has 0 unspecified atom stereocenters. The van der Waals surface area contributed by atoms with Gasteiger partial charge in [-0.2, -0.15) is 0 Å². The van der Waals surface area contributed by atoms with Gasteiger partial charge in [-0.15, -0.1) is 0 Å². The molecule has 5 nitrogen and oxygen atoms in total. The third-order valence-corrected chi connectivity index (χ3v) is 2.91. The molecule has 0 fully saturated rings. The zero-order valence-corrected chi connectivity index (χ0v) is 11.5. The van der Waals surface area contributed by atoms with Crippen molar-refractivity contribution >= 4 is 11.7 Å². The summed E-state index contributed by atoms with van der Waals surface area (Å²) in [6.07, 6.45) is 2.81. The lowest BCUT2D eigenvalue weighted by atomic mass is 10.1. The number of nitrogens with two attached hydrogens (primary N) is 1. The first-order chi connectivity index (χ1) is 8.47. The molecule has 1 aromatic rings. The van der Waals surface area contributed by atoms with Gasteiger partial charge in [0.1, 0.15) is 5.82 Å². The Balaban J connectivity index is 3.04. The number of amidine groups is 1. The first-order valence-corrected chi connectivity index (χ1v) is 6.12. The van der Waals surface area contributed by atoms with E-state index in [0.29, 0.717) is 11.5 Å². The summed E-state index contributed by atoms with van der Waals surface area (Å²) in [5, 5.41) is 11.9. The first-order valence-electron chi connectivity index (χ1n) is 6.12. The summed E-state index contributed by atoms with van der Waals surface area (Å²) < 4.78 is 0. The van der Waals surface area contributed by atoms with Crippen LogP contribution < -0.4 is 10.6 Å². The lowest BCUT2D eigenvalue weighted by Crippen LogP contribution is -2.26. The van der Waals surface area contributed by atoms with E-state index in [1.54, 1.807) is 6.20 Å². The highest BCUT2D eigenvalue weighted by Crippen LogP contribution is 2.20. The number of anilines is 1. The Morgan fingerprint density at radius 2 is 2.22 bits per heavy atom. The van der Waals surface area contributed by atoms with E-state index in [4.69, 9.17) is 10.9 Å². The summed E-state index contributed by atoms with van der Waals surface area (Å²) in [5.41, 5.74) is 7.37. The quantitative estimate of drug-likeness (QED) is 0.362. The molecule has 1 heterocycles. The number of nitrogens with zero attached hydrogens (tertiary/aromatic N) is 3. The van der Waals surface area contributed by atoms with Crippen LogP contribution in [-0.2, 0) is 0 Å². The van der Waals surface area contributed by atoms with E-state index in [0.717, 1.165) is 24.3 Å². The molecule has 0 aromatic carbocycles. The molecule has 0 amide bonds. The summed E-state index contributed by atoms with van der Waals surface area (Å²) in [6, 6.07) is 1.85. The maximum atomic E-state index is 8.85. The lowest BCUT2D eigenvalue weighted by molar-refractivity contribution is 0.318. The molecule has 1 aromatic heterocycles. The van der Waals surface area contributed by atoms with E-state index >= 15 is 0 Å². The monoisotopic (exact) mass is 250 g/mol. The minimum Gasteiger partial charge on any atom is -0.409 e. The first kappa shape index (κ1) is 14.3. The summed E-state index contributed by atoms with van der Waals surface area (Å²) in [4.78, 5) is 6.38. The molecular formula is C13H22N4O. The molecule has 100 valence electrons. The molecule has 0 saturated heterocycles. The van der Waals surface area contributed by atoms with Crippen molar-refractivity contribution in [3.8, 4) is 0 Å². The number of aryl methyl sites for hydroxylation is 1. The van der Waals surface area contributed by atoms with Crippen LogP contribution in [0.15, 0.2) is 17.4 Å². The number of oxime groups is 1. The van der Waals surface area contributed by atoms with Gasteiger partial charge in [0.25, 0.3) is 0 Å². The van der Waals surface area contributed by atoms with Gasteiger partial charge in [-0.1, -0.05) is 19.0 Å². The summed E-state index contributed by atoms with van der Waals surface area (Å²) in [6.45, 7) is 7.18. The van der Waals surface area contributed by atoms with E-state index in [-0.39, 0.29) is 5.84 Å². The minimum absolute atomic E-state index is 0.104. The SMILES string of the molecule is Cc1ccnc(N(C)CCC(C)C)c1/C(N)=N/O. The van der Waals surface area contributed by atoms with Crippen molar-refractivity contribution in [2.75, 3.05) is 18.5 Å². The molecule has 5 heteroatoms. The second-order valence-corrected chi connectivity index (χ2v) is 4.92. The second kappa shape index (κ2) is 6.23. The van der Waals surface area contributed by atoms with Crippen molar-refractivity contribution in [3.05, 3.63) is 23.4 Å². The molecule has 0 atom stereocenters. The average Bonchev–Trinajstić information content (AvgIpc) is 2.34. The molecule has 1 rings (SSSR count). The van der Waals surface area contributed by atoms with Gasteiger partial charge >= 0.3 is 0 Å². The van der Waals surface area contributed by atoms with Crippen LogP contribution in [0.1, 0.15) is 31.4 Å². The number of rotatable bonds is 5. The van der Waals surface area contributed by atoms with E-state index in [2.05, 4.69) is 24.0 Å². The standard InChI is InChI=1S/C13H22N4O/c1-9(2)6-8-17(4)13-11(12(14)16-18)10(3)5-7-15-13/h5,7,9,18H,6,8H2,1-4H3,(H2,14,16). The van der Waals surface area contributed by atoms with Crippen molar-refractivity contribution in [1.29, 1.82) is 0 Å². The smallest absolute Gasteiger partial charge is 0.174 e. The Labute approximate surface area is 108 Å². The third-order valence-electron chi connectivity index (χ3n) is 2.91. The molecule has 0 aliphatic heterocycles. The van der Waals surface area contributed by atoms with Crippen molar-refractivity contribution in [2.24, 2.45) is 16.8 Å². The Morgan fingerprint density at radius 1 is 1.56 bits per heavy atom. The van der Waals surface area contributed by atoms with Gasteiger partial charge in [0.05, 0.1) is 5.56 Å². The van der Waals surface area contributed by atoms with Gasteiger partial charge in [-0.05, 0) is 30.9 Å². The highest BCUT2D eigenvalue weighted by molar-refractivity contribution is 6.02. The normalized spacial score (nSPS) is 11.9. The molecule has 0 radical (unpaired) electrons. The molecule has 0 aliphatic rings. The molecule has 0 spiro atoms. The highest BCUT2D eigenvalue weighted by Gasteiger charge is 2.15. The lowest BCUT2D eigenvalue weighted by Gasteiger charge is -2.22. The Morgan fingerprint density at radius 3 is 2.78 bits per heavy atom. The predicted octanol–water partition coefficient (Wildman–Crippen LogP) is 1.97. The van der Waals surface area contributed by atoms with Gasteiger partial charge in [0.15, 0.2) is 5.84 Å². The van der Waals surface area contributed by atoms with Crippen LogP contribution in [0.3, 0.4) is 0 Å². The maximum Gasteiger partial charge on any atom is 0.174 e. The summed E-state index contributed by atoms with van der Waals surface area (Å²) in [5.74, 6) is 1.49. The maximum absolute atomic E-state index is 8.85. The van der Waals surface area contributed by atoms with E-state index in [1.165, 1.54) is 0 Å². The number of aromatic nitrogens is 1. The van der Waals surface area contributed by atoms with Crippen molar-refractivity contribution < 1.29 is 5.21 Å². The summed E-state index contributed by atoms with van der Waals surface area (Å²) in [7, 11) is 1.97. The zero-order valence-electron chi connectivity index (χ0n) is 11.5. The van der Waals surface area contributed by atoms with Gasteiger partial charge in [0, 0.05) is 19.8 Å². The summed E-state index contributed by atoms with van der Waals surface area (Å²) >= 11 is 0. The molecule has 0 bridgehead atoms. The second-order valence-electron chi connectivity index (χ2n) is 4.92. The van der Waals surface area contributed by atoms with Crippen LogP contribution in [0.4, 0.5) is 5.82 Å². The van der Waals surface area contributed by atoms with Gasteiger partial charge < -0.3 is 15.8 Å². The van der Waals surface area contributed by atoms with Crippen molar-refractivity contribution in [1.82, 2.24) is 4.98 Å². The number of hydrogen-bond acceptors (Lipinski definition) is 4. The minimum atomic E-state index is 0.104.